The van der Waals surface area contributed by atoms with E-state index < -0.39 is 23.7 Å². The van der Waals surface area contributed by atoms with Crippen LogP contribution >= 0.6 is 11.6 Å². The Balaban J connectivity index is 4.34. The fraction of sp³-hybridized carbons (Fsp3) is 0.818. The number of alkyl halides is 1. The summed E-state index contributed by atoms with van der Waals surface area (Å²) in [5.41, 5.74) is -0.607. The van der Waals surface area contributed by atoms with Gasteiger partial charge in [-0.3, -0.25) is 0 Å². The molecule has 0 saturated carbocycles. The molecule has 0 aliphatic carbocycles. The van der Waals surface area contributed by atoms with Crippen molar-refractivity contribution in [1.29, 1.82) is 0 Å². The summed E-state index contributed by atoms with van der Waals surface area (Å²) < 4.78 is 9.86. The number of carbonyl (C=O) groups excluding carboxylic acids is 2. The van der Waals surface area contributed by atoms with Gasteiger partial charge < -0.3 is 14.8 Å². The quantitative estimate of drug-likeness (QED) is 0.611. The molecule has 0 aromatic carbocycles. The first-order valence-corrected chi connectivity index (χ1v) is 6.05. The lowest BCUT2D eigenvalue weighted by atomic mass is 10.2. The molecule has 0 bridgehead atoms. The normalized spacial score (nSPS) is 12.8. The van der Waals surface area contributed by atoms with Crippen LogP contribution in [0.25, 0.3) is 0 Å². The first kappa shape index (κ1) is 16.0. The highest BCUT2D eigenvalue weighted by Gasteiger charge is 2.24. The number of halogens is 1. The van der Waals surface area contributed by atoms with Gasteiger partial charge in [-0.1, -0.05) is 0 Å². The summed E-state index contributed by atoms with van der Waals surface area (Å²) in [6.45, 7) is 7.19. The summed E-state index contributed by atoms with van der Waals surface area (Å²) in [7, 11) is 0. The van der Waals surface area contributed by atoms with E-state index in [1.54, 1.807) is 27.7 Å². The van der Waals surface area contributed by atoms with Gasteiger partial charge in [0.2, 0.25) is 0 Å². The Kier molecular flexibility index (Phi) is 6.95. The van der Waals surface area contributed by atoms with Gasteiger partial charge in [-0.25, -0.2) is 9.59 Å². The molecule has 0 saturated heterocycles. The highest BCUT2D eigenvalue weighted by atomic mass is 35.5. The number of carbonyl (C=O) groups is 2. The highest BCUT2D eigenvalue weighted by molar-refractivity contribution is 6.18. The number of hydrogen-bond donors (Lipinski definition) is 1. The van der Waals surface area contributed by atoms with Gasteiger partial charge in [0.05, 0.1) is 6.61 Å². The maximum atomic E-state index is 11.5. The van der Waals surface area contributed by atoms with Gasteiger partial charge in [-0.15, -0.1) is 11.6 Å². The molecule has 1 N–H and O–H groups in total. The lowest BCUT2D eigenvalue weighted by Gasteiger charge is -2.22. The zero-order valence-corrected chi connectivity index (χ0v) is 11.5. The second-order valence-corrected chi connectivity index (χ2v) is 4.81. The van der Waals surface area contributed by atoms with Crippen molar-refractivity contribution < 1.29 is 19.1 Å². The SMILES string of the molecule is CCOC(=O)C(CCCl)NC(=O)OC(C)(C)C. The molecule has 17 heavy (non-hydrogen) atoms. The molecule has 1 atom stereocenters. The van der Waals surface area contributed by atoms with Gasteiger partial charge in [0.1, 0.15) is 11.6 Å². The molecular formula is C11H20ClNO4. The Bertz CT molecular complexity index is 263. The van der Waals surface area contributed by atoms with E-state index in [2.05, 4.69) is 5.32 Å². The fourth-order valence-corrected chi connectivity index (χ4v) is 1.27. The van der Waals surface area contributed by atoms with Crippen molar-refractivity contribution in [2.45, 2.75) is 45.8 Å². The molecule has 0 fully saturated rings. The van der Waals surface area contributed by atoms with Crippen molar-refractivity contribution in [3.05, 3.63) is 0 Å². The molecular weight excluding hydrogens is 246 g/mol. The standard InChI is InChI=1S/C11H20ClNO4/c1-5-16-9(14)8(6-7-12)13-10(15)17-11(2,3)4/h8H,5-7H2,1-4H3,(H,13,15). The van der Waals surface area contributed by atoms with E-state index in [0.717, 1.165) is 0 Å². The molecule has 0 radical (unpaired) electrons. The Morgan fingerprint density at radius 3 is 2.35 bits per heavy atom. The lowest BCUT2D eigenvalue weighted by molar-refractivity contribution is -0.145. The maximum absolute atomic E-state index is 11.5. The minimum absolute atomic E-state index is 0.249. The average molecular weight is 266 g/mol. The van der Waals surface area contributed by atoms with Gasteiger partial charge in [-0.05, 0) is 34.1 Å². The van der Waals surface area contributed by atoms with Crippen molar-refractivity contribution >= 4 is 23.7 Å². The number of nitrogens with one attached hydrogen (secondary N) is 1. The van der Waals surface area contributed by atoms with E-state index in [1.165, 1.54) is 0 Å². The third-order valence-corrected chi connectivity index (χ3v) is 1.88. The summed E-state index contributed by atoms with van der Waals surface area (Å²) in [6.07, 6.45) is -0.347. The molecule has 5 nitrogen and oxygen atoms in total. The first-order valence-electron chi connectivity index (χ1n) is 5.52. The number of esters is 1. The molecule has 0 aliphatic rings. The van der Waals surface area contributed by atoms with Crippen LogP contribution in [0.2, 0.25) is 0 Å². The predicted molar refractivity (Wildman–Crippen MR) is 65.1 cm³/mol. The van der Waals surface area contributed by atoms with Crippen molar-refractivity contribution in [1.82, 2.24) is 5.32 Å². The molecule has 0 rings (SSSR count). The minimum atomic E-state index is -0.762. The number of rotatable bonds is 5. The van der Waals surface area contributed by atoms with E-state index in [4.69, 9.17) is 21.1 Å². The molecule has 0 aromatic rings. The summed E-state index contributed by atoms with van der Waals surface area (Å²) in [4.78, 5) is 23.0. The predicted octanol–water partition coefficient (Wildman–Crippen LogP) is 2.07. The summed E-state index contributed by atoms with van der Waals surface area (Å²) in [6, 6.07) is -0.762. The van der Waals surface area contributed by atoms with Crippen molar-refractivity contribution in [2.75, 3.05) is 12.5 Å². The average Bonchev–Trinajstić information content (AvgIpc) is 2.14. The van der Waals surface area contributed by atoms with E-state index in [9.17, 15) is 9.59 Å². The van der Waals surface area contributed by atoms with E-state index >= 15 is 0 Å². The zero-order valence-electron chi connectivity index (χ0n) is 10.7. The molecule has 0 aromatic heterocycles. The topological polar surface area (TPSA) is 64.6 Å². The van der Waals surface area contributed by atoms with Crippen LogP contribution in [0, 0.1) is 0 Å². The molecule has 1 amide bonds. The van der Waals surface area contributed by atoms with Gasteiger partial charge in [0.25, 0.3) is 0 Å². The van der Waals surface area contributed by atoms with Crippen LogP contribution in [0.1, 0.15) is 34.1 Å². The molecule has 1 unspecified atom stereocenters. The van der Waals surface area contributed by atoms with E-state index in [-0.39, 0.29) is 12.5 Å². The van der Waals surface area contributed by atoms with Crippen molar-refractivity contribution in [2.24, 2.45) is 0 Å². The summed E-state index contributed by atoms with van der Waals surface area (Å²) in [5.74, 6) is -0.252. The first-order chi connectivity index (χ1) is 7.80. The van der Waals surface area contributed by atoms with Crippen LogP contribution in [-0.4, -0.2) is 36.2 Å². The van der Waals surface area contributed by atoms with Crippen LogP contribution in [0.4, 0.5) is 4.79 Å². The monoisotopic (exact) mass is 265 g/mol. The van der Waals surface area contributed by atoms with Crippen LogP contribution in [0.3, 0.4) is 0 Å². The Morgan fingerprint density at radius 1 is 1.35 bits per heavy atom. The minimum Gasteiger partial charge on any atom is -0.464 e. The molecule has 0 spiro atoms. The Morgan fingerprint density at radius 2 is 1.94 bits per heavy atom. The highest BCUT2D eigenvalue weighted by Crippen LogP contribution is 2.07. The Labute approximate surface area is 107 Å². The maximum Gasteiger partial charge on any atom is 0.408 e. The number of ether oxygens (including phenoxy) is 2. The number of hydrogen-bond acceptors (Lipinski definition) is 4. The van der Waals surface area contributed by atoms with Gasteiger partial charge >= 0.3 is 12.1 Å². The second kappa shape index (κ2) is 7.37. The third-order valence-electron chi connectivity index (χ3n) is 1.66. The van der Waals surface area contributed by atoms with Crippen LogP contribution in [-0.2, 0) is 14.3 Å². The summed E-state index contributed by atoms with van der Waals surface area (Å²) in [5, 5.41) is 2.44. The fourth-order valence-electron chi connectivity index (χ4n) is 1.05. The smallest absolute Gasteiger partial charge is 0.408 e. The molecule has 0 aliphatic heterocycles. The van der Waals surface area contributed by atoms with E-state index in [1.807, 2.05) is 0 Å². The number of amides is 1. The molecule has 100 valence electrons. The molecule has 6 heteroatoms. The van der Waals surface area contributed by atoms with Gasteiger partial charge in [0.15, 0.2) is 0 Å². The molecule has 0 heterocycles. The zero-order chi connectivity index (χ0) is 13.5. The van der Waals surface area contributed by atoms with Gasteiger partial charge in [-0.2, -0.15) is 0 Å². The Hall–Kier alpha value is -0.970. The van der Waals surface area contributed by atoms with Crippen LogP contribution in [0.15, 0.2) is 0 Å². The van der Waals surface area contributed by atoms with Crippen LogP contribution < -0.4 is 5.32 Å². The van der Waals surface area contributed by atoms with Crippen molar-refractivity contribution in [3.8, 4) is 0 Å². The van der Waals surface area contributed by atoms with Crippen molar-refractivity contribution in [3.63, 3.8) is 0 Å². The van der Waals surface area contributed by atoms with Gasteiger partial charge in [0, 0.05) is 5.88 Å². The van der Waals surface area contributed by atoms with E-state index in [0.29, 0.717) is 6.42 Å². The number of alkyl carbamates (subject to hydrolysis) is 1. The van der Waals surface area contributed by atoms with Crippen LogP contribution in [0.5, 0.6) is 0 Å². The summed E-state index contributed by atoms with van der Waals surface area (Å²) >= 11 is 5.56. The third kappa shape index (κ3) is 7.85. The lowest BCUT2D eigenvalue weighted by Crippen LogP contribution is -2.44. The second-order valence-electron chi connectivity index (χ2n) is 4.43. The largest absolute Gasteiger partial charge is 0.464 e.